The van der Waals surface area contributed by atoms with Crippen LogP contribution in [0, 0.1) is 11.8 Å². The van der Waals surface area contributed by atoms with Crippen molar-refractivity contribution in [1.29, 1.82) is 0 Å². The van der Waals surface area contributed by atoms with Crippen LogP contribution >= 0.6 is 0 Å². The first-order chi connectivity index (χ1) is 7.02. The molecule has 0 aromatic heterocycles. The van der Waals surface area contributed by atoms with Crippen molar-refractivity contribution in [3.05, 3.63) is 0 Å². The van der Waals surface area contributed by atoms with Crippen molar-refractivity contribution in [2.24, 2.45) is 11.8 Å². The molecule has 0 fully saturated rings. The fraction of sp³-hybridized carbons (Fsp3) is 0.923. The van der Waals surface area contributed by atoms with Crippen molar-refractivity contribution < 1.29 is 9.53 Å². The Morgan fingerprint density at radius 1 is 1.07 bits per heavy atom. The quantitative estimate of drug-likeness (QED) is 0.454. The second-order valence-electron chi connectivity index (χ2n) is 4.91. The largest absolute Gasteiger partial charge is 0.466 e. The Labute approximate surface area is 94.4 Å². The van der Waals surface area contributed by atoms with Crippen LogP contribution in [-0.2, 0) is 9.53 Å². The molecule has 0 bridgehead atoms. The van der Waals surface area contributed by atoms with Gasteiger partial charge in [0, 0.05) is 6.92 Å². The molecule has 0 saturated heterocycles. The van der Waals surface area contributed by atoms with Crippen molar-refractivity contribution in [3.8, 4) is 0 Å². The number of hydrogen-bond acceptors (Lipinski definition) is 2. The highest BCUT2D eigenvalue weighted by Crippen LogP contribution is 2.16. The van der Waals surface area contributed by atoms with Crippen LogP contribution in [0.2, 0.25) is 0 Å². The molecule has 2 nitrogen and oxygen atoms in total. The summed E-state index contributed by atoms with van der Waals surface area (Å²) in [5.74, 6) is 1.42. The molecule has 0 aromatic rings. The van der Waals surface area contributed by atoms with E-state index in [2.05, 4.69) is 20.8 Å². The lowest BCUT2D eigenvalue weighted by atomic mass is 9.96. The van der Waals surface area contributed by atoms with Crippen LogP contribution in [0.3, 0.4) is 0 Å². The van der Waals surface area contributed by atoms with E-state index in [1.165, 1.54) is 32.6 Å². The van der Waals surface area contributed by atoms with E-state index in [4.69, 9.17) is 4.74 Å². The molecule has 0 aliphatic carbocycles. The van der Waals surface area contributed by atoms with Gasteiger partial charge in [0.05, 0.1) is 6.61 Å². The number of esters is 1. The van der Waals surface area contributed by atoms with Crippen LogP contribution < -0.4 is 0 Å². The Morgan fingerprint density at radius 2 is 1.67 bits per heavy atom. The van der Waals surface area contributed by atoms with Crippen LogP contribution in [0.15, 0.2) is 0 Å². The summed E-state index contributed by atoms with van der Waals surface area (Å²) in [6.07, 6.45) is 6.13. The highest BCUT2D eigenvalue weighted by molar-refractivity contribution is 5.65. The van der Waals surface area contributed by atoms with E-state index >= 15 is 0 Å². The second kappa shape index (κ2) is 8.75. The lowest BCUT2D eigenvalue weighted by Gasteiger charge is -2.11. The van der Waals surface area contributed by atoms with Gasteiger partial charge in [-0.1, -0.05) is 40.0 Å². The van der Waals surface area contributed by atoms with E-state index in [0.717, 1.165) is 18.3 Å². The number of carbonyl (C=O) groups is 1. The Morgan fingerprint density at radius 3 is 2.20 bits per heavy atom. The molecule has 0 amide bonds. The van der Waals surface area contributed by atoms with Crippen LogP contribution in [-0.4, -0.2) is 12.6 Å². The Balaban J connectivity index is 3.25. The zero-order chi connectivity index (χ0) is 11.7. The number of ether oxygens (including phenoxy) is 1. The molecule has 0 aliphatic rings. The lowest BCUT2D eigenvalue weighted by molar-refractivity contribution is -0.141. The summed E-state index contributed by atoms with van der Waals surface area (Å²) in [5, 5.41) is 0. The molecule has 0 heterocycles. The monoisotopic (exact) mass is 214 g/mol. The van der Waals surface area contributed by atoms with Crippen LogP contribution in [0.1, 0.15) is 59.8 Å². The molecule has 0 rings (SSSR count). The molecule has 2 heteroatoms. The van der Waals surface area contributed by atoms with E-state index in [9.17, 15) is 4.79 Å². The zero-order valence-electron chi connectivity index (χ0n) is 10.7. The van der Waals surface area contributed by atoms with Gasteiger partial charge < -0.3 is 4.74 Å². The minimum Gasteiger partial charge on any atom is -0.466 e. The van der Waals surface area contributed by atoms with Crippen molar-refractivity contribution in [2.45, 2.75) is 59.8 Å². The SMILES string of the molecule is CC(=O)OCCCC(C)CCCC(C)C. The summed E-state index contributed by atoms with van der Waals surface area (Å²) in [6.45, 7) is 8.88. The summed E-state index contributed by atoms with van der Waals surface area (Å²) in [5.41, 5.74) is 0. The smallest absolute Gasteiger partial charge is 0.302 e. The molecule has 0 aromatic carbocycles. The van der Waals surface area contributed by atoms with Crippen molar-refractivity contribution in [2.75, 3.05) is 6.61 Å². The normalized spacial score (nSPS) is 12.9. The van der Waals surface area contributed by atoms with Gasteiger partial charge in [-0.25, -0.2) is 0 Å². The number of rotatable bonds is 8. The van der Waals surface area contributed by atoms with Gasteiger partial charge in [-0.2, -0.15) is 0 Å². The van der Waals surface area contributed by atoms with Gasteiger partial charge in [0.25, 0.3) is 0 Å². The van der Waals surface area contributed by atoms with E-state index < -0.39 is 0 Å². The van der Waals surface area contributed by atoms with E-state index in [1.54, 1.807) is 0 Å². The number of hydrogen-bond donors (Lipinski definition) is 0. The average molecular weight is 214 g/mol. The Kier molecular flexibility index (Phi) is 8.44. The van der Waals surface area contributed by atoms with Gasteiger partial charge in [-0.05, 0) is 24.7 Å². The van der Waals surface area contributed by atoms with Gasteiger partial charge >= 0.3 is 5.97 Å². The highest BCUT2D eigenvalue weighted by Gasteiger charge is 2.03. The fourth-order valence-electron chi connectivity index (χ4n) is 1.67. The van der Waals surface area contributed by atoms with E-state index in [0.29, 0.717) is 6.61 Å². The van der Waals surface area contributed by atoms with Crippen LogP contribution in [0.4, 0.5) is 0 Å². The first-order valence-corrected chi connectivity index (χ1v) is 6.15. The molecule has 0 saturated carbocycles. The zero-order valence-corrected chi connectivity index (χ0v) is 10.7. The van der Waals surface area contributed by atoms with Gasteiger partial charge in [0.2, 0.25) is 0 Å². The van der Waals surface area contributed by atoms with Gasteiger partial charge in [-0.15, -0.1) is 0 Å². The first-order valence-electron chi connectivity index (χ1n) is 6.15. The lowest BCUT2D eigenvalue weighted by Crippen LogP contribution is -2.03. The predicted octanol–water partition coefficient (Wildman–Crippen LogP) is 3.79. The highest BCUT2D eigenvalue weighted by atomic mass is 16.5. The Bertz CT molecular complexity index is 164. The molecule has 90 valence electrons. The van der Waals surface area contributed by atoms with E-state index in [1.807, 2.05) is 0 Å². The second-order valence-corrected chi connectivity index (χ2v) is 4.91. The number of carbonyl (C=O) groups excluding carboxylic acids is 1. The molecular formula is C13H26O2. The minimum absolute atomic E-state index is 0.164. The molecule has 0 radical (unpaired) electrons. The maximum absolute atomic E-state index is 10.5. The molecule has 1 unspecified atom stereocenters. The maximum atomic E-state index is 10.5. The molecular weight excluding hydrogens is 188 g/mol. The predicted molar refractivity (Wildman–Crippen MR) is 63.7 cm³/mol. The summed E-state index contributed by atoms with van der Waals surface area (Å²) >= 11 is 0. The molecule has 0 aliphatic heterocycles. The van der Waals surface area contributed by atoms with Crippen molar-refractivity contribution in [1.82, 2.24) is 0 Å². The molecule has 1 atom stereocenters. The summed E-state index contributed by atoms with van der Waals surface area (Å²) in [4.78, 5) is 10.5. The fourth-order valence-corrected chi connectivity index (χ4v) is 1.67. The molecule has 15 heavy (non-hydrogen) atoms. The third-order valence-electron chi connectivity index (χ3n) is 2.62. The maximum Gasteiger partial charge on any atom is 0.302 e. The summed E-state index contributed by atoms with van der Waals surface area (Å²) in [7, 11) is 0. The van der Waals surface area contributed by atoms with Gasteiger partial charge in [0.1, 0.15) is 0 Å². The topological polar surface area (TPSA) is 26.3 Å². The standard InChI is InChI=1S/C13H26O2/c1-11(2)7-5-8-12(3)9-6-10-15-13(4)14/h11-12H,5-10H2,1-4H3. The van der Waals surface area contributed by atoms with Crippen LogP contribution in [0.5, 0.6) is 0 Å². The summed E-state index contributed by atoms with van der Waals surface area (Å²) < 4.78 is 4.90. The third-order valence-corrected chi connectivity index (χ3v) is 2.62. The minimum atomic E-state index is -0.164. The van der Waals surface area contributed by atoms with E-state index in [-0.39, 0.29) is 5.97 Å². The average Bonchev–Trinajstić information content (AvgIpc) is 2.11. The Hall–Kier alpha value is -0.530. The molecule has 0 N–H and O–H groups in total. The van der Waals surface area contributed by atoms with Crippen molar-refractivity contribution in [3.63, 3.8) is 0 Å². The van der Waals surface area contributed by atoms with Crippen molar-refractivity contribution >= 4 is 5.97 Å². The third kappa shape index (κ3) is 11.4. The van der Waals surface area contributed by atoms with Gasteiger partial charge in [-0.3, -0.25) is 4.79 Å². The molecule has 0 spiro atoms. The summed E-state index contributed by atoms with van der Waals surface area (Å²) in [6, 6.07) is 0. The van der Waals surface area contributed by atoms with Gasteiger partial charge in [0.15, 0.2) is 0 Å². The first kappa shape index (κ1) is 14.5. The van der Waals surface area contributed by atoms with Crippen LogP contribution in [0.25, 0.3) is 0 Å².